The van der Waals surface area contributed by atoms with Crippen LogP contribution in [0.4, 0.5) is 18.0 Å². The van der Waals surface area contributed by atoms with Crippen LogP contribution < -0.4 is 5.32 Å². The van der Waals surface area contributed by atoms with Crippen LogP contribution >= 0.6 is 0 Å². The summed E-state index contributed by atoms with van der Waals surface area (Å²) in [7, 11) is 0. The van der Waals surface area contributed by atoms with Crippen LogP contribution in [0.2, 0.25) is 0 Å². The molecule has 2 rings (SSSR count). The van der Waals surface area contributed by atoms with E-state index in [-0.39, 0.29) is 12.7 Å². The van der Waals surface area contributed by atoms with E-state index in [9.17, 15) is 18.0 Å². The molecule has 0 unspecified atom stereocenters. The van der Waals surface area contributed by atoms with Crippen LogP contribution in [0.1, 0.15) is 11.1 Å². The minimum absolute atomic E-state index is 0.0871. The van der Waals surface area contributed by atoms with E-state index < -0.39 is 11.7 Å². The molecule has 0 aliphatic carbocycles. The number of alkyl halides is 3. The maximum absolute atomic E-state index is 12.4. The van der Waals surface area contributed by atoms with E-state index >= 15 is 0 Å². The maximum atomic E-state index is 12.4. The van der Waals surface area contributed by atoms with Crippen molar-refractivity contribution in [3.63, 3.8) is 0 Å². The van der Waals surface area contributed by atoms with E-state index in [2.05, 4.69) is 5.32 Å². The molecule has 0 atom stereocenters. The molecule has 1 aliphatic heterocycles. The fraction of sp³-hybridized carbons (Fsp3) is 0.400. The predicted molar refractivity (Wildman–Crippen MR) is 76.3 cm³/mol. The quantitative estimate of drug-likeness (QED) is 0.933. The van der Waals surface area contributed by atoms with E-state index in [1.807, 2.05) is 0 Å². The summed E-state index contributed by atoms with van der Waals surface area (Å²) < 4.78 is 42.3. The highest BCUT2D eigenvalue weighted by molar-refractivity contribution is 5.68. The van der Waals surface area contributed by atoms with Crippen molar-refractivity contribution in [2.24, 2.45) is 0 Å². The molecule has 1 amide bonds. The van der Waals surface area contributed by atoms with Crippen LogP contribution in [0.15, 0.2) is 30.3 Å². The minimum Gasteiger partial charge on any atom is -0.445 e. The van der Waals surface area contributed by atoms with E-state index in [1.165, 1.54) is 12.1 Å². The highest BCUT2D eigenvalue weighted by Gasteiger charge is 2.29. The number of halogens is 3. The Morgan fingerprint density at radius 1 is 1.23 bits per heavy atom. The Bertz CT molecular complexity index is 521. The van der Waals surface area contributed by atoms with Crippen molar-refractivity contribution in [1.29, 1.82) is 0 Å². The third kappa shape index (κ3) is 4.77. The van der Waals surface area contributed by atoms with E-state index in [4.69, 9.17) is 4.74 Å². The minimum atomic E-state index is -4.33. The van der Waals surface area contributed by atoms with E-state index in [0.29, 0.717) is 18.7 Å². The second kappa shape index (κ2) is 7.31. The number of ether oxygens (including phenoxy) is 1. The van der Waals surface area contributed by atoms with E-state index in [0.717, 1.165) is 25.2 Å². The van der Waals surface area contributed by atoms with Gasteiger partial charge in [0.15, 0.2) is 0 Å². The molecular formula is C15H17F3N2O2. The van der Waals surface area contributed by atoms with Crippen molar-refractivity contribution in [1.82, 2.24) is 10.2 Å². The van der Waals surface area contributed by atoms with E-state index in [1.54, 1.807) is 17.1 Å². The van der Waals surface area contributed by atoms with Gasteiger partial charge in [-0.3, -0.25) is 0 Å². The number of hydrogen-bond donors (Lipinski definition) is 1. The first kappa shape index (κ1) is 16.4. The molecule has 1 heterocycles. The number of hydrogen-bond acceptors (Lipinski definition) is 3. The average molecular weight is 314 g/mol. The molecule has 22 heavy (non-hydrogen) atoms. The monoisotopic (exact) mass is 314 g/mol. The Morgan fingerprint density at radius 3 is 2.45 bits per heavy atom. The summed E-state index contributed by atoms with van der Waals surface area (Å²) in [6.07, 6.45) is -1.49. The molecule has 0 saturated carbocycles. The summed E-state index contributed by atoms with van der Waals surface area (Å²) in [5.41, 5.74) is -0.0685. The first-order chi connectivity index (χ1) is 10.5. The Balaban J connectivity index is 1.78. The summed E-state index contributed by atoms with van der Waals surface area (Å²) in [5.74, 6) is 0. The normalized spacial score (nSPS) is 16.0. The lowest BCUT2D eigenvalue weighted by Gasteiger charge is -2.26. The van der Waals surface area contributed by atoms with Crippen LogP contribution in [0.5, 0.6) is 0 Å². The summed E-state index contributed by atoms with van der Waals surface area (Å²) in [6.45, 7) is 2.81. The van der Waals surface area contributed by atoms with Crippen molar-refractivity contribution in [3.05, 3.63) is 41.5 Å². The third-order valence-electron chi connectivity index (χ3n) is 3.23. The molecule has 0 bridgehead atoms. The zero-order chi connectivity index (χ0) is 16.0. The van der Waals surface area contributed by atoms with Gasteiger partial charge in [-0.25, -0.2) is 4.79 Å². The Morgan fingerprint density at radius 2 is 1.86 bits per heavy atom. The van der Waals surface area contributed by atoms with Gasteiger partial charge in [-0.2, -0.15) is 13.2 Å². The number of carbonyl (C=O) groups is 1. The summed E-state index contributed by atoms with van der Waals surface area (Å²) in [5, 5.41) is 3.13. The Hall–Kier alpha value is -2.02. The predicted octanol–water partition coefficient (Wildman–Crippen LogP) is 2.76. The zero-order valence-corrected chi connectivity index (χ0v) is 11.9. The number of piperazine rings is 1. The smallest absolute Gasteiger partial charge is 0.416 e. The molecule has 7 heteroatoms. The van der Waals surface area contributed by atoms with Crippen molar-refractivity contribution in [2.75, 3.05) is 32.8 Å². The molecule has 120 valence electrons. The van der Waals surface area contributed by atoms with Gasteiger partial charge in [-0.1, -0.05) is 18.2 Å². The number of nitrogens with one attached hydrogen (secondary N) is 1. The molecular weight excluding hydrogens is 297 g/mol. The van der Waals surface area contributed by atoms with Crippen molar-refractivity contribution in [2.45, 2.75) is 6.18 Å². The van der Waals surface area contributed by atoms with Gasteiger partial charge in [0, 0.05) is 26.2 Å². The van der Waals surface area contributed by atoms with Crippen LogP contribution in [-0.2, 0) is 10.9 Å². The van der Waals surface area contributed by atoms with Gasteiger partial charge in [0.05, 0.1) is 5.56 Å². The summed E-state index contributed by atoms with van der Waals surface area (Å²) in [4.78, 5) is 13.3. The lowest BCUT2D eigenvalue weighted by Crippen LogP contribution is -2.46. The molecule has 1 fully saturated rings. The number of nitrogens with zero attached hydrogens (tertiary/aromatic N) is 1. The van der Waals surface area contributed by atoms with Gasteiger partial charge in [0.1, 0.15) is 6.61 Å². The van der Waals surface area contributed by atoms with Crippen molar-refractivity contribution < 1.29 is 22.7 Å². The molecule has 1 aromatic rings. The Labute approximate surface area is 126 Å². The molecule has 1 aromatic carbocycles. The van der Waals surface area contributed by atoms with Crippen LogP contribution in [0.3, 0.4) is 0 Å². The molecule has 1 aliphatic rings. The van der Waals surface area contributed by atoms with Gasteiger partial charge >= 0.3 is 12.3 Å². The molecule has 1 N–H and O–H groups in total. The fourth-order valence-corrected chi connectivity index (χ4v) is 2.03. The summed E-state index contributed by atoms with van der Waals surface area (Å²) in [6, 6.07) is 4.79. The molecule has 4 nitrogen and oxygen atoms in total. The lowest BCUT2D eigenvalue weighted by molar-refractivity contribution is -0.137. The SMILES string of the molecule is O=C(OC/C=C/c1ccc(C(F)(F)F)cc1)N1CCNCC1. The lowest BCUT2D eigenvalue weighted by atomic mass is 10.1. The molecule has 0 spiro atoms. The van der Waals surface area contributed by atoms with Gasteiger partial charge in [0.2, 0.25) is 0 Å². The number of benzene rings is 1. The highest BCUT2D eigenvalue weighted by atomic mass is 19.4. The Kier molecular flexibility index (Phi) is 5.43. The highest BCUT2D eigenvalue weighted by Crippen LogP contribution is 2.29. The largest absolute Gasteiger partial charge is 0.445 e. The van der Waals surface area contributed by atoms with Crippen LogP contribution in [0.25, 0.3) is 6.08 Å². The van der Waals surface area contributed by atoms with Gasteiger partial charge in [-0.05, 0) is 23.8 Å². The standard InChI is InChI=1S/C15H17F3N2O2/c16-15(17,18)13-5-3-12(4-6-13)2-1-11-22-14(21)20-9-7-19-8-10-20/h1-6,19H,7-11H2/b2-1+. The van der Waals surface area contributed by atoms with Gasteiger partial charge in [-0.15, -0.1) is 0 Å². The molecule has 0 aromatic heterocycles. The molecule has 1 saturated heterocycles. The number of amides is 1. The number of carbonyl (C=O) groups excluding carboxylic acids is 1. The molecule has 0 radical (unpaired) electrons. The second-order valence-electron chi connectivity index (χ2n) is 4.84. The third-order valence-corrected chi connectivity index (χ3v) is 3.23. The zero-order valence-electron chi connectivity index (χ0n) is 11.9. The van der Waals surface area contributed by atoms with Gasteiger partial charge < -0.3 is 15.0 Å². The van der Waals surface area contributed by atoms with Crippen molar-refractivity contribution in [3.8, 4) is 0 Å². The number of rotatable bonds is 3. The topological polar surface area (TPSA) is 41.6 Å². The first-order valence-electron chi connectivity index (χ1n) is 6.93. The van der Waals surface area contributed by atoms with Crippen molar-refractivity contribution >= 4 is 12.2 Å². The summed E-state index contributed by atoms with van der Waals surface area (Å²) >= 11 is 0. The second-order valence-corrected chi connectivity index (χ2v) is 4.84. The average Bonchev–Trinajstić information content (AvgIpc) is 2.52. The van der Waals surface area contributed by atoms with Gasteiger partial charge in [0.25, 0.3) is 0 Å². The maximum Gasteiger partial charge on any atom is 0.416 e. The van der Waals surface area contributed by atoms with Crippen LogP contribution in [0, 0.1) is 0 Å². The first-order valence-corrected chi connectivity index (χ1v) is 6.93. The fourth-order valence-electron chi connectivity index (χ4n) is 2.03. The van der Waals surface area contributed by atoms with Crippen LogP contribution in [-0.4, -0.2) is 43.8 Å².